The van der Waals surface area contributed by atoms with Crippen molar-refractivity contribution in [2.75, 3.05) is 44.7 Å². The molecule has 0 spiro atoms. The molecule has 2 fully saturated rings. The number of guanidine groups is 1. The van der Waals surface area contributed by atoms with Crippen molar-refractivity contribution >= 4 is 41.7 Å². The van der Waals surface area contributed by atoms with Gasteiger partial charge in [0.05, 0.1) is 19.6 Å². The van der Waals surface area contributed by atoms with Gasteiger partial charge in [0.25, 0.3) is 0 Å². The van der Waals surface area contributed by atoms with Crippen LogP contribution in [-0.2, 0) is 16.1 Å². The van der Waals surface area contributed by atoms with E-state index in [-0.39, 0.29) is 35.9 Å². The third-order valence-electron chi connectivity index (χ3n) is 5.31. The smallest absolute Gasteiger partial charge is 0.308 e. The molecule has 1 aromatic rings. The van der Waals surface area contributed by atoms with E-state index in [2.05, 4.69) is 39.2 Å². The van der Waals surface area contributed by atoms with Crippen LogP contribution in [0, 0.1) is 5.92 Å². The van der Waals surface area contributed by atoms with Gasteiger partial charge in [0, 0.05) is 38.9 Å². The Labute approximate surface area is 184 Å². The van der Waals surface area contributed by atoms with Crippen LogP contribution in [0.1, 0.15) is 38.2 Å². The summed E-state index contributed by atoms with van der Waals surface area (Å²) in [5, 5.41) is 3.37. The molecule has 1 N–H and O–H groups in total. The number of pyridine rings is 1. The lowest BCUT2D eigenvalue weighted by atomic mass is 9.97. The number of rotatable bonds is 5. The Bertz CT molecular complexity index is 639. The van der Waals surface area contributed by atoms with E-state index in [4.69, 9.17) is 9.73 Å². The maximum absolute atomic E-state index is 11.7. The number of aromatic nitrogens is 1. The van der Waals surface area contributed by atoms with E-state index in [1.165, 1.54) is 20.0 Å². The number of piperidine rings is 1. The van der Waals surface area contributed by atoms with Crippen molar-refractivity contribution in [2.45, 2.75) is 39.2 Å². The number of nitrogens with zero attached hydrogens (tertiary/aromatic N) is 4. The Morgan fingerprint density at radius 3 is 2.54 bits per heavy atom. The van der Waals surface area contributed by atoms with Gasteiger partial charge in [-0.15, -0.1) is 24.0 Å². The van der Waals surface area contributed by atoms with Gasteiger partial charge in [-0.3, -0.25) is 4.79 Å². The standard InChI is InChI=1S/C20H31N5O2.HI/c1-3-21-20(25-12-8-17(9-13-25)19(26)27-2)23-15-16-6-7-18(22-14-16)24-10-4-5-11-24;/h6-7,14,17H,3-5,8-13,15H2,1-2H3,(H,21,23);1H. The van der Waals surface area contributed by atoms with Crippen LogP contribution in [0.15, 0.2) is 23.3 Å². The minimum Gasteiger partial charge on any atom is -0.469 e. The number of aliphatic imine (C=N–C) groups is 1. The predicted octanol–water partition coefficient (Wildman–Crippen LogP) is 2.65. The molecule has 2 aliphatic rings. The maximum Gasteiger partial charge on any atom is 0.308 e. The van der Waals surface area contributed by atoms with Gasteiger partial charge in [-0.2, -0.15) is 0 Å². The lowest BCUT2D eigenvalue weighted by Crippen LogP contribution is -2.46. The SMILES string of the molecule is CCNC(=NCc1ccc(N2CCCC2)nc1)N1CCC(C(=O)OC)CC1.I. The highest BCUT2D eigenvalue weighted by molar-refractivity contribution is 14.0. The van der Waals surface area contributed by atoms with E-state index in [9.17, 15) is 4.79 Å². The summed E-state index contributed by atoms with van der Waals surface area (Å²) in [7, 11) is 1.46. The Hall–Kier alpha value is -1.58. The summed E-state index contributed by atoms with van der Waals surface area (Å²) in [6.45, 7) is 7.35. The molecule has 0 aromatic carbocycles. The van der Waals surface area contributed by atoms with Crippen molar-refractivity contribution in [3.63, 3.8) is 0 Å². The van der Waals surface area contributed by atoms with E-state index < -0.39 is 0 Å². The number of carbonyl (C=O) groups excluding carboxylic acids is 1. The van der Waals surface area contributed by atoms with Crippen molar-refractivity contribution in [1.82, 2.24) is 15.2 Å². The third kappa shape index (κ3) is 5.96. The third-order valence-corrected chi connectivity index (χ3v) is 5.31. The van der Waals surface area contributed by atoms with Crippen LogP contribution in [0.25, 0.3) is 0 Å². The molecule has 0 radical (unpaired) electrons. The number of halogens is 1. The molecule has 3 heterocycles. The minimum absolute atomic E-state index is 0. The van der Waals surface area contributed by atoms with Gasteiger partial charge in [-0.1, -0.05) is 6.07 Å². The molecule has 0 bridgehead atoms. The van der Waals surface area contributed by atoms with Gasteiger partial charge in [0.1, 0.15) is 5.82 Å². The van der Waals surface area contributed by atoms with Crippen molar-refractivity contribution < 1.29 is 9.53 Å². The molecule has 0 saturated carbocycles. The minimum atomic E-state index is -0.0965. The molecule has 156 valence electrons. The first-order valence-electron chi connectivity index (χ1n) is 10.0. The number of methoxy groups -OCH3 is 1. The van der Waals surface area contributed by atoms with E-state index in [0.717, 1.165) is 62.9 Å². The van der Waals surface area contributed by atoms with Crippen molar-refractivity contribution in [2.24, 2.45) is 10.9 Å². The molecule has 8 heteroatoms. The quantitative estimate of drug-likeness (QED) is 0.290. The second-order valence-electron chi connectivity index (χ2n) is 7.17. The molecule has 28 heavy (non-hydrogen) atoms. The Balaban J connectivity index is 0.00000280. The maximum atomic E-state index is 11.7. The van der Waals surface area contributed by atoms with Gasteiger partial charge in [-0.25, -0.2) is 9.98 Å². The second-order valence-corrected chi connectivity index (χ2v) is 7.17. The number of esters is 1. The lowest BCUT2D eigenvalue weighted by molar-refractivity contribution is -0.146. The Morgan fingerprint density at radius 1 is 1.25 bits per heavy atom. The zero-order valence-corrected chi connectivity index (χ0v) is 19.2. The highest BCUT2D eigenvalue weighted by atomic mass is 127. The molecule has 0 amide bonds. The van der Waals surface area contributed by atoms with Crippen molar-refractivity contribution in [3.05, 3.63) is 23.9 Å². The first kappa shape index (κ1) is 22.7. The first-order chi connectivity index (χ1) is 13.2. The number of carbonyl (C=O) groups is 1. The van der Waals surface area contributed by atoms with E-state index in [1.807, 2.05) is 6.20 Å². The van der Waals surface area contributed by atoms with Crippen LogP contribution in [0.4, 0.5) is 5.82 Å². The second kappa shape index (κ2) is 11.4. The molecule has 2 aliphatic heterocycles. The van der Waals surface area contributed by atoms with Crippen molar-refractivity contribution in [3.8, 4) is 0 Å². The summed E-state index contributed by atoms with van der Waals surface area (Å²) in [5.41, 5.74) is 1.11. The van der Waals surface area contributed by atoms with E-state index in [0.29, 0.717) is 6.54 Å². The van der Waals surface area contributed by atoms with Gasteiger partial charge in [0.15, 0.2) is 5.96 Å². The topological polar surface area (TPSA) is 70.1 Å². The number of likely N-dealkylation sites (tertiary alicyclic amines) is 1. The molecule has 2 saturated heterocycles. The van der Waals surface area contributed by atoms with Gasteiger partial charge in [0.2, 0.25) is 0 Å². The highest BCUT2D eigenvalue weighted by Gasteiger charge is 2.26. The molecule has 1 aromatic heterocycles. The lowest BCUT2D eigenvalue weighted by Gasteiger charge is -2.33. The van der Waals surface area contributed by atoms with Crippen LogP contribution in [0.5, 0.6) is 0 Å². The van der Waals surface area contributed by atoms with Crippen LogP contribution < -0.4 is 10.2 Å². The fourth-order valence-electron chi connectivity index (χ4n) is 3.73. The zero-order chi connectivity index (χ0) is 19.1. The number of anilines is 1. The molecule has 0 aliphatic carbocycles. The summed E-state index contributed by atoms with van der Waals surface area (Å²) in [6, 6.07) is 4.22. The van der Waals surface area contributed by atoms with Gasteiger partial charge in [-0.05, 0) is 44.2 Å². The number of hydrogen-bond acceptors (Lipinski definition) is 5. The van der Waals surface area contributed by atoms with Gasteiger partial charge < -0.3 is 19.9 Å². The van der Waals surface area contributed by atoms with Crippen LogP contribution in [-0.4, -0.2) is 61.6 Å². The molecular weight excluding hydrogens is 469 g/mol. The fourth-order valence-corrected chi connectivity index (χ4v) is 3.73. The largest absolute Gasteiger partial charge is 0.469 e. The Morgan fingerprint density at radius 2 is 1.96 bits per heavy atom. The van der Waals surface area contributed by atoms with Crippen LogP contribution >= 0.6 is 24.0 Å². The Kier molecular flexibility index (Phi) is 9.27. The number of hydrogen-bond donors (Lipinski definition) is 1. The molecular formula is C20H32IN5O2. The van der Waals surface area contributed by atoms with Crippen LogP contribution in [0.2, 0.25) is 0 Å². The first-order valence-corrected chi connectivity index (χ1v) is 10.0. The summed E-state index contributed by atoms with van der Waals surface area (Å²) < 4.78 is 4.87. The molecule has 0 atom stereocenters. The average molecular weight is 501 g/mol. The highest BCUT2D eigenvalue weighted by Crippen LogP contribution is 2.19. The molecule has 3 rings (SSSR count). The van der Waals surface area contributed by atoms with E-state index >= 15 is 0 Å². The fraction of sp³-hybridized carbons (Fsp3) is 0.650. The predicted molar refractivity (Wildman–Crippen MR) is 122 cm³/mol. The average Bonchev–Trinajstić information content (AvgIpc) is 3.26. The van der Waals surface area contributed by atoms with Crippen LogP contribution in [0.3, 0.4) is 0 Å². The summed E-state index contributed by atoms with van der Waals surface area (Å²) in [6.07, 6.45) is 6.06. The molecule has 7 nitrogen and oxygen atoms in total. The zero-order valence-electron chi connectivity index (χ0n) is 16.9. The summed E-state index contributed by atoms with van der Waals surface area (Å²) in [4.78, 5) is 25.7. The van der Waals surface area contributed by atoms with Gasteiger partial charge >= 0.3 is 5.97 Å². The normalized spacial score (nSPS) is 18.0. The summed E-state index contributed by atoms with van der Waals surface area (Å²) in [5.74, 6) is 1.89. The monoisotopic (exact) mass is 501 g/mol. The number of ether oxygens (including phenoxy) is 1. The molecule has 0 unspecified atom stereocenters. The van der Waals surface area contributed by atoms with Crippen molar-refractivity contribution in [1.29, 1.82) is 0 Å². The number of nitrogens with one attached hydrogen (secondary N) is 1. The summed E-state index contributed by atoms with van der Waals surface area (Å²) >= 11 is 0. The van der Waals surface area contributed by atoms with E-state index in [1.54, 1.807) is 0 Å².